The Morgan fingerprint density at radius 3 is 2.38 bits per heavy atom. The van der Waals surface area contributed by atoms with Crippen LogP contribution in [0.15, 0.2) is 30.3 Å². The molecule has 21 heavy (non-hydrogen) atoms. The van der Waals surface area contributed by atoms with E-state index in [1.54, 1.807) is 20.8 Å². The van der Waals surface area contributed by atoms with E-state index in [0.29, 0.717) is 0 Å². The van der Waals surface area contributed by atoms with Crippen molar-refractivity contribution in [3.63, 3.8) is 0 Å². The number of rotatable bonds is 4. The van der Waals surface area contributed by atoms with Crippen molar-refractivity contribution in [2.45, 2.75) is 32.4 Å². The first-order valence-corrected chi connectivity index (χ1v) is 6.99. The van der Waals surface area contributed by atoms with Crippen molar-refractivity contribution in [3.05, 3.63) is 35.9 Å². The monoisotopic (exact) mass is 311 g/mol. The molecule has 1 aromatic rings. The van der Waals surface area contributed by atoms with Crippen molar-refractivity contribution in [1.29, 1.82) is 0 Å². The lowest BCUT2D eigenvalue weighted by Crippen LogP contribution is -2.41. The quantitative estimate of drug-likeness (QED) is 0.645. The van der Waals surface area contributed by atoms with Gasteiger partial charge in [0.2, 0.25) is 0 Å². The number of hydrogen-bond acceptors (Lipinski definition) is 4. The molecule has 3 amide bonds. The Labute approximate surface area is 130 Å². The summed E-state index contributed by atoms with van der Waals surface area (Å²) >= 11 is 3.69. The molecular weight excluding hydrogens is 290 g/mol. The molecular formula is C14H21N3O3S. The molecule has 0 saturated carbocycles. The number of carbonyl (C=O) groups excluding carboxylic acids is 2. The second-order valence-corrected chi connectivity index (χ2v) is 5.65. The first-order chi connectivity index (χ1) is 9.81. The summed E-state index contributed by atoms with van der Waals surface area (Å²) in [7, 11) is 0. The maximum atomic E-state index is 11.7. The van der Waals surface area contributed by atoms with Gasteiger partial charge >= 0.3 is 12.1 Å². The third-order valence-electron chi connectivity index (χ3n) is 2.46. The Balaban J connectivity index is 2.66. The van der Waals surface area contributed by atoms with Gasteiger partial charge in [0, 0.05) is 6.54 Å². The predicted octanol–water partition coefficient (Wildman–Crippen LogP) is 2.40. The Kier molecular flexibility index (Phi) is 6.36. The van der Waals surface area contributed by atoms with E-state index in [1.807, 2.05) is 30.3 Å². The van der Waals surface area contributed by atoms with Crippen LogP contribution in [-0.4, -0.2) is 24.3 Å². The number of benzene rings is 1. The third-order valence-corrected chi connectivity index (χ3v) is 2.66. The van der Waals surface area contributed by atoms with Gasteiger partial charge in [-0.1, -0.05) is 43.1 Å². The number of alkyl carbamates (subject to hydrolysis) is 1. The zero-order chi connectivity index (χ0) is 15.9. The molecule has 1 unspecified atom stereocenters. The maximum Gasteiger partial charge on any atom is 0.407 e. The molecule has 0 aromatic heterocycles. The highest BCUT2D eigenvalue weighted by Crippen LogP contribution is 2.12. The van der Waals surface area contributed by atoms with Crippen molar-refractivity contribution in [1.82, 2.24) is 15.4 Å². The van der Waals surface area contributed by atoms with Crippen LogP contribution < -0.4 is 15.4 Å². The summed E-state index contributed by atoms with van der Waals surface area (Å²) in [5.41, 5.74) is 0.299. The van der Waals surface area contributed by atoms with Gasteiger partial charge in [0.05, 0.1) is 6.04 Å². The van der Waals surface area contributed by atoms with Crippen LogP contribution in [0.25, 0.3) is 0 Å². The van der Waals surface area contributed by atoms with Gasteiger partial charge < -0.3 is 15.4 Å². The van der Waals surface area contributed by atoms with Gasteiger partial charge in [-0.25, -0.2) is 9.59 Å². The van der Waals surface area contributed by atoms with E-state index in [4.69, 9.17) is 4.74 Å². The third kappa shape index (κ3) is 6.89. The second kappa shape index (κ2) is 7.78. The van der Waals surface area contributed by atoms with E-state index in [9.17, 15) is 9.59 Å². The number of ether oxygens (including phenoxy) is 1. The first-order valence-electron chi connectivity index (χ1n) is 6.54. The van der Waals surface area contributed by atoms with Crippen molar-refractivity contribution in [3.8, 4) is 0 Å². The number of hydrogen-bond donors (Lipinski definition) is 4. The first kappa shape index (κ1) is 17.2. The van der Waals surface area contributed by atoms with E-state index in [-0.39, 0.29) is 12.6 Å². The lowest BCUT2D eigenvalue weighted by atomic mass is 10.1. The largest absolute Gasteiger partial charge is 0.444 e. The molecule has 0 bridgehead atoms. The van der Waals surface area contributed by atoms with E-state index in [2.05, 4.69) is 28.2 Å². The highest BCUT2D eigenvalue weighted by molar-refractivity contribution is 7.78. The fraction of sp³-hybridized carbons (Fsp3) is 0.429. The Hall–Kier alpha value is -1.89. The summed E-state index contributed by atoms with van der Waals surface area (Å²) in [5.74, 6) is 0. The van der Waals surface area contributed by atoms with Gasteiger partial charge in [0.1, 0.15) is 5.60 Å². The van der Waals surface area contributed by atoms with Crippen molar-refractivity contribution in [2.75, 3.05) is 6.54 Å². The van der Waals surface area contributed by atoms with Crippen LogP contribution in [-0.2, 0) is 4.74 Å². The molecule has 1 aromatic carbocycles. The van der Waals surface area contributed by atoms with Crippen LogP contribution in [0.2, 0.25) is 0 Å². The normalized spacial score (nSPS) is 12.2. The topological polar surface area (TPSA) is 79.5 Å². The molecule has 6 nitrogen and oxygen atoms in total. The number of thiol groups is 1. The van der Waals surface area contributed by atoms with Crippen LogP contribution >= 0.6 is 12.8 Å². The smallest absolute Gasteiger partial charge is 0.407 e. The zero-order valence-corrected chi connectivity index (χ0v) is 13.2. The molecule has 116 valence electrons. The van der Waals surface area contributed by atoms with E-state index >= 15 is 0 Å². The molecule has 1 rings (SSSR count). The van der Waals surface area contributed by atoms with Crippen LogP contribution in [0.1, 0.15) is 32.4 Å². The number of nitrogens with one attached hydrogen (secondary N) is 3. The van der Waals surface area contributed by atoms with Gasteiger partial charge in [0.25, 0.3) is 0 Å². The van der Waals surface area contributed by atoms with Crippen LogP contribution in [0.4, 0.5) is 9.59 Å². The summed E-state index contributed by atoms with van der Waals surface area (Å²) in [6.07, 6.45) is -0.531. The molecule has 1 atom stereocenters. The molecule has 0 saturated heterocycles. The fourth-order valence-corrected chi connectivity index (χ4v) is 1.69. The van der Waals surface area contributed by atoms with E-state index in [1.165, 1.54) is 0 Å². The van der Waals surface area contributed by atoms with Crippen molar-refractivity contribution >= 4 is 24.9 Å². The molecule has 3 N–H and O–H groups in total. The molecule has 0 spiro atoms. The van der Waals surface area contributed by atoms with Crippen molar-refractivity contribution < 1.29 is 14.3 Å². The minimum atomic E-state index is -0.567. The maximum absolute atomic E-state index is 11.7. The number of urea groups is 1. The van der Waals surface area contributed by atoms with Gasteiger partial charge in [-0.05, 0) is 26.3 Å². The standard InChI is InChI=1S/C14H21N3O3S/c1-14(2,3)20-13(19)15-9-11(16-12(18)17-21)10-7-5-4-6-8-10/h4-8,11,21H,9H2,1-3H3,(H,15,19)(H2,16,17,18). The average molecular weight is 311 g/mol. The highest BCUT2D eigenvalue weighted by Gasteiger charge is 2.19. The molecule has 0 aliphatic carbocycles. The van der Waals surface area contributed by atoms with Gasteiger partial charge in [-0.3, -0.25) is 4.72 Å². The van der Waals surface area contributed by atoms with E-state index < -0.39 is 17.7 Å². The molecule has 0 fully saturated rings. The van der Waals surface area contributed by atoms with Crippen LogP contribution in [0.5, 0.6) is 0 Å². The summed E-state index contributed by atoms with van der Waals surface area (Å²) in [6.45, 7) is 5.57. The fourth-order valence-electron chi connectivity index (χ4n) is 1.63. The van der Waals surface area contributed by atoms with E-state index in [0.717, 1.165) is 5.56 Å². The average Bonchev–Trinajstić information content (AvgIpc) is 2.42. The Morgan fingerprint density at radius 2 is 1.86 bits per heavy atom. The minimum absolute atomic E-state index is 0.208. The Bertz CT molecular complexity index is 474. The molecule has 0 aliphatic rings. The highest BCUT2D eigenvalue weighted by atomic mass is 32.1. The molecule has 0 radical (unpaired) electrons. The summed E-state index contributed by atoms with van der Waals surface area (Å²) in [4.78, 5) is 23.1. The van der Waals surface area contributed by atoms with Crippen molar-refractivity contribution in [2.24, 2.45) is 0 Å². The SMILES string of the molecule is CC(C)(C)OC(=O)NCC(NC(=O)NS)c1ccccc1. The zero-order valence-electron chi connectivity index (χ0n) is 12.3. The second-order valence-electron chi connectivity index (χ2n) is 5.43. The molecule has 0 aliphatic heterocycles. The van der Waals surface area contributed by atoms with Gasteiger partial charge in [-0.15, -0.1) is 0 Å². The van der Waals surface area contributed by atoms with Crippen LogP contribution in [0.3, 0.4) is 0 Å². The summed E-state index contributed by atoms with van der Waals surface area (Å²) < 4.78 is 7.35. The lowest BCUT2D eigenvalue weighted by Gasteiger charge is -2.22. The predicted molar refractivity (Wildman–Crippen MR) is 84.1 cm³/mol. The number of amides is 3. The molecule has 0 heterocycles. The van der Waals surface area contributed by atoms with Crippen LogP contribution in [0, 0.1) is 0 Å². The minimum Gasteiger partial charge on any atom is -0.444 e. The van der Waals surface area contributed by atoms with Gasteiger partial charge in [-0.2, -0.15) is 0 Å². The Morgan fingerprint density at radius 1 is 1.24 bits per heavy atom. The molecule has 7 heteroatoms. The number of carbonyl (C=O) groups is 2. The van der Waals surface area contributed by atoms with Gasteiger partial charge in [0.15, 0.2) is 0 Å². The summed E-state index contributed by atoms with van der Waals surface area (Å²) in [6, 6.07) is 8.48. The summed E-state index contributed by atoms with van der Waals surface area (Å²) in [5, 5.41) is 5.34. The lowest BCUT2D eigenvalue weighted by molar-refractivity contribution is 0.0522.